The molecule has 1 heterocycles. The Bertz CT molecular complexity index is 1020. The van der Waals surface area contributed by atoms with E-state index in [2.05, 4.69) is 24.5 Å². The molecule has 2 aromatic rings. The van der Waals surface area contributed by atoms with Crippen LogP contribution in [0.5, 0.6) is 11.5 Å². The largest absolute Gasteiger partial charge is 1.00 e. The number of methoxy groups -OCH3 is 1. The molecule has 0 saturated heterocycles. The molecule has 3 nitrogen and oxygen atoms in total. The fourth-order valence-electron chi connectivity index (χ4n) is 5.29. The maximum atomic E-state index is 14.5. The smallest absolute Gasteiger partial charge is 0.184 e. The van der Waals surface area contributed by atoms with Gasteiger partial charge in [0.15, 0.2) is 23.8 Å². The van der Waals surface area contributed by atoms with Gasteiger partial charge in [-0.1, -0.05) is 71.6 Å². The molecule has 0 atom stereocenters. The van der Waals surface area contributed by atoms with E-state index in [1.165, 1.54) is 87.3 Å². The van der Waals surface area contributed by atoms with Crippen molar-refractivity contribution in [3.05, 3.63) is 58.7 Å². The normalized spacial score (nSPS) is 12.8. The van der Waals surface area contributed by atoms with Crippen molar-refractivity contribution in [2.75, 3.05) is 20.3 Å². The van der Waals surface area contributed by atoms with E-state index < -0.39 is 5.82 Å². The van der Waals surface area contributed by atoms with Gasteiger partial charge < -0.3 is 26.5 Å². The molecular formula is C32H46BrF2NO2. The quantitative estimate of drug-likeness (QED) is 0.175. The number of hydrogen-bond acceptors (Lipinski definition) is 2. The average molecular weight is 595 g/mol. The lowest BCUT2D eigenvalue weighted by molar-refractivity contribution is -0.546. The lowest BCUT2D eigenvalue weighted by atomic mass is 9.92. The van der Waals surface area contributed by atoms with Gasteiger partial charge in [-0.3, -0.25) is 0 Å². The summed E-state index contributed by atoms with van der Waals surface area (Å²) in [5, 5.41) is 0. The predicted molar refractivity (Wildman–Crippen MR) is 148 cm³/mol. The molecule has 0 N–H and O–H groups in total. The minimum Gasteiger partial charge on any atom is -1.00 e. The van der Waals surface area contributed by atoms with Gasteiger partial charge in [0.2, 0.25) is 0 Å². The Morgan fingerprint density at radius 3 is 2.24 bits per heavy atom. The van der Waals surface area contributed by atoms with Crippen LogP contribution in [0.1, 0.15) is 108 Å². The van der Waals surface area contributed by atoms with Crippen LogP contribution in [0.2, 0.25) is 0 Å². The first kappa shape index (κ1) is 32.3. The van der Waals surface area contributed by atoms with Gasteiger partial charge >= 0.3 is 0 Å². The summed E-state index contributed by atoms with van der Waals surface area (Å²) in [5.41, 5.74) is 3.95. The molecule has 0 fully saturated rings. The highest BCUT2D eigenvalue weighted by atomic mass is 79.9. The van der Waals surface area contributed by atoms with Crippen LogP contribution >= 0.6 is 0 Å². The van der Waals surface area contributed by atoms with Gasteiger partial charge in [-0.15, -0.1) is 0 Å². The molecule has 2 aromatic carbocycles. The second-order valence-corrected chi connectivity index (χ2v) is 10.3. The average Bonchev–Trinajstić information content (AvgIpc) is 2.90. The number of nitrogens with zero attached hydrogens (tertiary/aromatic N) is 1. The van der Waals surface area contributed by atoms with Gasteiger partial charge in [0, 0.05) is 24.0 Å². The van der Waals surface area contributed by atoms with Crippen LogP contribution in [-0.2, 0) is 13.0 Å². The van der Waals surface area contributed by atoms with Gasteiger partial charge in [-0.25, -0.2) is 13.4 Å². The maximum absolute atomic E-state index is 14.5. The lowest BCUT2D eigenvalue weighted by Crippen LogP contribution is -3.00. The first-order valence-corrected chi connectivity index (χ1v) is 14.5. The number of hydrogen-bond donors (Lipinski definition) is 0. The van der Waals surface area contributed by atoms with Crippen molar-refractivity contribution < 1.29 is 39.8 Å². The lowest BCUT2D eigenvalue weighted by Gasteiger charge is -2.23. The Balaban J connectivity index is 0.00000507. The van der Waals surface area contributed by atoms with Crippen LogP contribution in [-0.4, -0.2) is 30.5 Å². The maximum Gasteiger partial charge on any atom is 0.184 e. The molecule has 0 aliphatic carbocycles. The summed E-state index contributed by atoms with van der Waals surface area (Å²) in [6.45, 7) is 6.26. The summed E-state index contributed by atoms with van der Waals surface area (Å²) in [7, 11) is 1.69. The summed E-state index contributed by atoms with van der Waals surface area (Å²) >= 11 is 0. The summed E-state index contributed by atoms with van der Waals surface area (Å²) in [4.78, 5) is 0. The van der Waals surface area contributed by atoms with E-state index in [4.69, 9.17) is 9.47 Å². The Kier molecular flexibility index (Phi) is 14.9. The Morgan fingerprint density at radius 1 is 0.842 bits per heavy atom. The van der Waals surface area contributed by atoms with E-state index in [9.17, 15) is 8.78 Å². The highest BCUT2D eigenvalue weighted by Gasteiger charge is 2.30. The zero-order chi connectivity index (χ0) is 26.5. The van der Waals surface area contributed by atoms with E-state index >= 15 is 0 Å². The zero-order valence-corrected chi connectivity index (χ0v) is 25.2. The van der Waals surface area contributed by atoms with Crippen molar-refractivity contribution in [1.29, 1.82) is 0 Å². The monoisotopic (exact) mass is 593 g/mol. The third-order valence-electron chi connectivity index (χ3n) is 7.40. The molecule has 3 rings (SSSR count). The Hall–Kier alpha value is -1.95. The molecule has 0 unspecified atom stereocenters. The summed E-state index contributed by atoms with van der Waals surface area (Å²) in [6.07, 6.45) is 15.0. The highest BCUT2D eigenvalue weighted by molar-refractivity contribution is 5.99. The molecule has 0 saturated carbocycles. The topological polar surface area (TPSA) is 21.5 Å². The fourth-order valence-corrected chi connectivity index (χ4v) is 5.29. The molecule has 0 bridgehead atoms. The van der Waals surface area contributed by atoms with E-state index in [0.717, 1.165) is 49.3 Å². The highest BCUT2D eigenvalue weighted by Crippen LogP contribution is 2.37. The number of fused-ring (bicyclic) bond motifs is 1. The molecule has 1 aliphatic heterocycles. The van der Waals surface area contributed by atoms with Gasteiger partial charge in [-0.05, 0) is 43.2 Å². The third kappa shape index (κ3) is 9.36. The SMILES string of the molecule is CCCCCCCCOc1c(OC)ccc2c1CC[N+](Cc1cc(F)ccc1F)=C2CCCCCCC.[Br-]. The van der Waals surface area contributed by atoms with Crippen LogP contribution in [0.25, 0.3) is 0 Å². The third-order valence-corrected chi connectivity index (χ3v) is 7.40. The number of benzene rings is 2. The van der Waals surface area contributed by atoms with E-state index in [1.807, 2.05) is 6.07 Å². The molecule has 212 valence electrons. The molecular weight excluding hydrogens is 548 g/mol. The number of unbranched alkanes of at least 4 members (excludes halogenated alkanes) is 9. The van der Waals surface area contributed by atoms with E-state index in [0.29, 0.717) is 18.7 Å². The van der Waals surface area contributed by atoms with Crippen molar-refractivity contribution in [2.24, 2.45) is 0 Å². The van der Waals surface area contributed by atoms with Gasteiger partial charge in [0.1, 0.15) is 18.2 Å². The molecule has 0 radical (unpaired) electrons. The summed E-state index contributed by atoms with van der Waals surface area (Å²) in [6, 6.07) is 7.86. The molecule has 38 heavy (non-hydrogen) atoms. The fraction of sp³-hybridized carbons (Fsp3) is 0.594. The number of rotatable bonds is 17. The predicted octanol–water partition coefficient (Wildman–Crippen LogP) is 5.64. The van der Waals surface area contributed by atoms with Gasteiger partial charge in [-0.2, -0.15) is 0 Å². The van der Waals surface area contributed by atoms with Crippen LogP contribution < -0.4 is 26.5 Å². The van der Waals surface area contributed by atoms with Crippen molar-refractivity contribution >= 4 is 5.71 Å². The minimum absolute atomic E-state index is 0. The summed E-state index contributed by atoms with van der Waals surface area (Å²) in [5.74, 6) is 0.877. The van der Waals surface area contributed by atoms with E-state index in [-0.39, 0.29) is 22.8 Å². The number of halogens is 3. The van der Waals surface area contributed by atoms with Crippen LogP contribution in [0.15, 0.2) is 30.3 Å². The molecule has 6 heteroatoms. The second kappa shape index (κ2) is 17.6. The van der Waals surface area contributed by atoms with Gasteiger partial charge in [0.05, 0.1) is 19.3 Å². The van der Waals surface area contributed by atoms with Crippen LogP contribution in [0, 0.1) is 11.6 Å². The molecule has 1 aliphatic rings. The van der Waals surface area contributed by atoms with E-state index in [1.54, 1.807) is 7.11 Å². The zero-order valence-electron chi connectivity index (χ0n) is 23.6. The van der Waals surface area contributed by atoms with Gasteiger partial charge in [0.25, 0.3) is 0 Å². The van der Waals surface area contributed by atoms with Crippen molar-refractivity contribution in [3.63, 3.8) is 0 Å². The molecule has 0 amide bonds. The molecule has 0 spiro atoms. The van der Waals surface area contributed by atoms with Crippen molar-refractivity contribution in [2.45, 2.75) is 104 Å². The van der Waals surface area contributed by atoms with Crippen LogP contribution in [0.3, 0.4) is 0 Å². The standard InChI is InChI=1S/C32H46F2NO2.BrH/c1-4-6-8-10-12-14-22-37-32-28-20-21-35(24-25-23-26(33)16-18-29(25)34)30(15-13-11-9-7-5-2)27(28)17-19-31(32)36-3;/h16-19,23H,4-15,20-22,24H2,1-3H3;1H/q+1;/p-1. The Morgan fingerprint density at radius 2 is 1.53 bits per heavy atom. The number of ether oxygens (including phenoxy) is 2. The summed E-state index contributed by atoms with van der Waals surface area (Å²) < 4.78 is 42.7. The Labute approximate surface area is 239 Å². The molecule has 0 aromatic heterocycles. The second-order valence-electron chi connectivity index (χ2n) is 10.3. The minimum atomic E-state index is -0.398. The van der Waals surface area contributed by atoms with Crippen LogP contribution in [0.4, 0.5) is 8.78 Å². The first-order chi connectivity index (χ1) is 18.1. The first-order valence-electron chi connectivity index (χ1n) is 14.5. The van der Waals surface area contributed by atoms with Crippen molar-refractivity contribution in [1.82, 2.24) is 0 Å². The van der Waals surface area contributed by atoms with Crippen molar-refractivity contribution in [3.8, 4) is 11.5 Å².